The van der Waals surface area contributed by atoms with E-state index in [1.807, 2.05) is 25.1 Å². The minimum Gasteiger partial charge on any atom is -0.488 e. The summed E-state index contributed by atoms with van der Waals surface area (Å²) in [7, 11) is -3.17. The SMILES string of the molecule is CCNC(=NCc1ccc(S(C)(=O)=O)cc1)NCC1Cc2ccccc2O1.I. The van der Waals surface area contributed by atoms with Gasteiger partial charge in [-0.25, -0.2) is 13.4 Å². The predicted molar refractivity (Wildman–Crippen MR) is 122 cm³/mol. The Morgan fingerprint density at radius 2 is 1.86 bits per heavy atom. The van der Waals surface area contributed by atoms with Gasteiger partial charge in [-0.15, -0.1) is 24.0 Å². The normalized spacial score (nSPS) is 15.9. The van der Waals surface area contributed by atoms with Crippen LogP contribution >= 0.6 is 24.0 Å². The van der Waals surface area contributed by atoms with Gasteiger partial charge in [0.1, 0.15) is 11.9 Å². The Morgan fingerprint density at radius 1 is 1.14 bits per heavy atom. The molecule has 3 rings (SSSR count). The fraction of sp³-hybridized carbons (Fsp3) is 0.350. The maximum atomic E-state index is 11.5. The summed E-state index contributed by atoms with van der Waals surface area (Å²) in [6.07, 6.45) is 2.17. The second kappa shape index (κ2) is 10.1. The fourth-order valence-electron chi connectivity index (χ4n) is 2.93. The van der Waals surface area contributed by atoms with E-state index in [9.17, 15) is 8.42 Å². The molecule has 28 heavy (non-hydrogen) atoms. The monoisotopic (exact) mass is 515 g/mol. The van der Waals surface area contributed by atoms with E-state index >= 15 is 0 Å². The highest BCUT2D eigenvalue weighted by Crippen LogP contribution is 2.27. The number of hydrogen-bond donors (Lipinski definition) is 2. The zero-order valence-corrected chi connectivity index (χ0v) is 19.2. The number of sulfone groups is 1. The summed E-state index contributed by atoms with van der Waals surface area (Å²) >= 11 is 0. The van der Waals surface area contributed by atoms with Crippen LogP contribution in [0.2, 0.25) is 0 Å². The molecule has 1 atom stereocenters. The Balaban J connectivity index is 0.00000280. The molecule has 2 aromatic rings. The summed E-state index contributed by atoms with van der Waals surface area (Å²) in [4.78, 5) is 4.89. The first-order chi connectivity index (χ1) is 13.0. The topological polar surface area (TPSA) is 79.8 Å². The first-order valence-corrected chi connectivity index (χ1v) is 10.9. The van der Waals surface area contributed by atoms with E-state index in [0.29, 0.717) is 23.9 Å². The van der Waals surface area contributed by atoms with Crippen molar-refractivity contribution in [2.45, 2.75) is 30.9 Å². The molecular weight excluding hydrogens is 489 g/mol. The highest BCUT2D eigenvalue weighted by atomic mass is 127. The molecule has 152 valence electrons. The van der Waals surface area contributed by atoms with Gasteiger partial charge in [-0.05, 0) is 36.2 Å². The first-order valence-electron chi connectivity index (χ1n) is 9.01. The van der Waals surface area contributed by atoms with Crippen molar-refractivity contribution < 1.29 is 13.2 Å². The van der Waals surface area contributed by atoms with Crippen molar-refractivity contribution in [3.05, 3.63) is 59.7 Å². The number of nitrogens with zero attached hydrogens (tertiary/aromatic N) is 1. The first kappa shape index (κ1) is 22.5. The third kappa shape index (κ3) is 6.10. The van der Waals surface area contributed by atoms with Crippen LogP contribution in [0, 0.1) is 0 Å². The number of ether oxygens (including phenoxy) is 1. The molecule has 1 heterocycles. The Kier molecular flexibility index (Phi) is 8.11. The average molecular weight is 515 g/mol. The molecule has 0 spiro atoms. The largest absolute Gasteiger partial charge is 0.488 e. The van der Waals surface area contributed by atoms with Crippen molar-refractivity contribution in [3.8, 4) is 5.75 Å². The molecule has 1 unspecified atom stereocenters. The number of nitrogens with one attached hydrogen (secondary N) is 2. The van der Waals surface area contributed by atoms with Gasteiger partial charge in [0.2, 0.25) is 0 Å². The van der Waals surface area contributed by atoms with Crippen LogP contribution in [0.25, 0.3) is 0 Å². The van der Waals surface area contributed by atoms with Gasteiger partial charge in [0.05, 0.1) is 18.0 Å². The predicted octanol–water partition coefficient (Wildman–Crippen LogP) is 2.77. The molecule has 1 aliphatic rings. The van der Waals surface area contributed by atoms with Gasteiger partial charge in [0, 0.05) is 19.2 Å². The van der Waals surface area contributed by atoms with Gasteiger partial charge < -0.3 is 15.4 Å². The third-order valence-corrected chi connectivity index (χ3v) is 5.45. The summed E-state index contributed by atoms with van der Waals surface area (Å²) in [6.45, 7) is 3.89. The third-order valence-electron chi connectivity index (χ3n) is 4.33. The van der Waals surface area contributed by atoms with E-state index < -0.39 is 9.84 Å². The van der Waals surface area contributed by atoms with Crippen molar-refractivity contribution in [1.82, 2.24) is 10.6 Å². The van der Waals surface area contributed by atoms with Crippen molar-refractivity contribution >= 4 is 39.8 Å². The minimum absolute atomic E-state index is 0. The minimum atomic E-state index is -3.17. The quantitative estimate of drug-likeness (QED) is 0.352. The molecule has 0 saturated carbocycles. The molecule has 0 aliphatic carbocycles. The summed E-state index contributed by atoms with van der Waals surface area (Å²) in [6, 6.07) is 14.9. The van der Waals surface area contributed by atoms with E-state index in [0.717, 1.165) is 24.3 Å². The second-order valence-corrected chi connectivity index (χ2v) is 8.56. The zero-order chi connectivity index (χ0) is 19.3. The van der Waals surface area contributed by atoms with Gasteiger partial charge in [0.25, 0.3) is 0 Å². The number of guanidine groups is 1. The van der Waals surface area contributed by atoms with Crippen LogP contribution in [0.1, 0.15) is 18.1 Å². The zero-order valence-electron chi connectivity index (χ0n) is 16.0. The van der Waals surface area contributed by atoms with Crippen LogP contribution in [-0.2, 0) is 22.8 Å². The lowest BCUT2D eigenvalue weighted by molar-refractivity contribution is 0.235. The van der Waals surface area contributed by atoms with Gasteiger partial charge in [0.15, 0.2) is 15.8 Å². The van der Waals surface area contributed by atoms with Crippen molar-refractivity contribution in [1.29, 1.82) is 0 Å². The molecule has 0 bridgehead atoms. The maximum absolute atomic E-state index is 11.5. The number of para-hydroxylation sites is 1. The smallest absolute Gasteiger partial charge is 0.191 e. The van der Waals surface area contributed by atoms with Gasteiger partial charge >= 0.3 is 0 Å². The summed E-state index contributed by atoms with van der Waals surface area (Å²) in [5, 5.41) is 6.54. The molecule has 0 aromatic heterocycles. The molecule has 8 heteroatoms. The lowest BCUT2D eigenvalue weighted by Gasteiger charge is -2.15. The maximum Gasteiger partial charge on any atom is 0.191 e. The van der Waals surface area contributed by atoms with Crippen LogP contribution in [-0.4, -0.2) is 39.8 Å². The summed E-state index contributed by atoms with van der Waals surface area (Å²) in [5.74, 6) is 1.67. The molecule has 2 N–H and O–H groups in total. The number of benzene rings is 2. The van der Waals surface area contributed by atoms with Crippen LogP contribution in [0.15, 0.2) is 58.4 Å². The molecule has 0 saturated heterocycles. The van der Waals surface area contributed by atoms with E-state index in [1.165, 1.54) is 11.8 Å². The molecule has 2 aromatic carbocycles. The molecule has 0 radical (unpaired) electrons. The Morgan fingerprint density at radius 3 is 2.50 bits per heavy atom. The molecule has 6 nitrogen and oxygen atoms in total. The van der Waals surface area contributed by atoms with Crippen molar-refractivity contribution in [2.24, 2.45) is 4.99 Å². The Bertz CT molecular complexity index is 890. The standard InChI is InChI=1S/C20H25N3O3S.HI/c1-3-21-20(22-13-15-8-10-18(11-9-15)27(2,24)25)23-14-17-12-16-6-4-5-7-19(16)26-17;/h4-11,17H,3,12-14H2,1-2H3,(H2,21,22,23);1H. The molecule has 0 amide bonds. The van der Waals surface area contributed by atoms with E-state index in [4.69, 9.17) is 4.74 Å². The van der Waals surface area contributed by atoms with Crippen LogP contribution in [0.3, 0.4) is 0 Å². The van der Waals surface area contributed by atoms with Crippen LogP contribution in [0.5, 0.6) is 5.75 Å². The second-order valence-electron chi connectivity index (χ2n) is 6.54. The average Bonchev–Trinajstić information content (AvgIpc) is 3.06. The van der Waals surface area contributed by atoms with E-state index in [2.05, 4.69) is 21.7 Å². The highest BCUT2D eigenvalue weighted by molar-refractivity contribution is 14.0. The highest BCUT2D eigenvalue weighted by Gasteiger charge is 2.22. The lowest BCUT2D eigenvalue weighted by Crippen LogP contribution is -2.42. The fourth-order valence-corrected chi connectivity index (χ4v) is 3.56. The number of rotatable bonds is 6. The summed E-state index contributed by atoms with van der Waals surface area (Å²) < 4.78 is 29.0. The van der Waals surface area contributed by atoms with Gasteiger partial charge in [-0.1, -0.05) is 30.3 Å². The van der Waals surface area contributed by atoms with Crippen molar-refractivity contribution in [2.75, 3.05) is 19.3 Å². The van der Waals surface area contributed by atoms with Gasteiger partial charge in [-0.2, -0.15) is 0 Å². The van der Waals surface area contributed by atoms with E-state index in [-0.39, 0.29) is 30.1 Å². The molecule has 0 fully saturated rings. The lowest BCUT2D eigenvalue weighted by atomic mass is 10.1. The van der Waals surface area contributed by atoms with Crippen LogP contribution in [0.4, 0.5) is 0 Å². The van der Waals surface area contributed by atoms with Crippen molar-refractivity contribution in [3.63, 3.8) is 0 Å². The van der Waals surface area contributed by atoms with Crippen LogP contribution < -0.4 is 15.4 Å². The Labute approximate surface area is 183 Å². The molecular formula is C20H26IN3O3S. The van der Waals surface area contributed by atoms with Gasteiger partial charge in [-0.3, -0.25) is 0 Å². The number of aliphatic imine (C=N–C) groups is 1. The number of hydrogen-bond acceptors (Lipinski definition) is 4. The Hall–Kier alpha value is -1.81. The molecule has 1 aliphatic heterocycles. The number of fused-ring (bicyclic) bond motifs is 1. The summed E-state index contributed by atoms with van der Waals surface area (Å²) in [5.41, 5.74) is 2.18. The van der Waals surface area contributed by atoms with E-state index in [1.54, 1.807) is 24.3 Å². The number of halogens is 1.